The van der Waals surface area contributed by atoms with Gasteiger partial charge in [-0.15, -0.1) is 11.8 Å². The van der Waals surface area contributed by atoms with Crippen LogP contribution in [0.2, 0.25) is 0 Å². The molecule has 0 aromatic heterocycles. The first-order valence-corrected chi connectivity index (χ1v) is 5.63. The first-order valence-electron chi connectivity index (χ1n) is 4.65. The van der Waals surface area contributed by atoms with Gasteiger partial charge in [0.1, 0.15) is 0 Å². The van der Waals surface area contributed by atoms with E-state index in [-0.39, 0.29) is 16.4 Å². The van der Waals surface area contributed by atoms with Crippen molar-refractivity contribution in [3.05, 3.63) is 0 Å². The van der Waals surface area contributed by atoms with E-state index < -0.39 is 19.0 Å². The van der Waals surface area contributed by atoms with Crippen molar-refractivity contribution in [3.63, 3.8) is 0 Å². The molecule has 0 aromatic carbocycles. The van der Waals surface area contributed by atoms with Crippen LogP contribution in [0, 0.1) is 0 Å². The van der Waals surface area contributed by atoms with Crippen molar-refractivity contribution in [3.8, 4) is 0 Å². The van der Waals surface area contributed by atoms with Gasteiger partial charge >= 0.3 is 0 Å². The summed E-state index contributed by atoms with van der Waals surface area (Å²) in [4.78, 5) is 11.1. The Morgan fingerprint density at radius 3 is 2.33 bits per heavy atom. The van der Waals surface area contributed by atoms with Crippen molar-refractivity contribution < 1.29 is 13.6 Å². The highest BCUT2D eigenvalue weighted by molar-refractivity contribution is 8.01. The standard InChI is InChI=1S/C9H18F2N2OS/c1-8(2,3)15-4-7(14)13-6-9(10,11)5-12/h4-6,12H2,1-3H3,(H,13,14). The lowest BCUT2D eigenvalue weighted by atomic mass is 10.3. The second-order valence-electron chi connectivity index (χ2n) is 4.24. The van der Waals surface area contributed by atoms with E-state index in [0.29, 0.717) is 0 Å². The first kappa shape index (κ1) is 14.6. The molecule has 0 fully saturated rings. The lowest BCUT2D eigenvalue weighted by Gasteiger charge is -2.18. The molecule has 0 aliphatic heterocycles. The van der Waals surface area contributed by atoms with Crippen molar-refractivity contribution in [2.45, 2.75) is 31.4 Å². The number of amides is 1. The number of thioether (sulfide) groups is 1. The van der Waals surface area contributed by atoms with Crippen molar-refractivity contribution in [1.29, 1.82) is 0 Å². The van der Waals surface area contributed by atoms with E-state index in [0.717, 1.165) is 0 Å². The van der Waals surface area contributed by atoms with Gasteiger partial charge in [-0.05, 0) is 0 Å². The molecule has 1 amide bonds. The molecule has 0 aromatic rings. The van der Waals surface area contributed by atoms with Crippen LogP contribution in [0.3, 0.4) is 0 Å². The minimum Gasteiger partial charge on any atom is -0.349 e. The number of rotatable bonds is 5. The van der Waals surface area contributed by atoms with E-state index in [1.54, 1.807) is 0 Å². The second kappa shape index (κ2) is 5.65. The number of nitrogens with two attached hydrogens (primary N) is 1. The van der Waals surface area contributed by atoms with Crippen molar-refractivity contribution in [2.24, 2.45) is 5.73 Å². The molecule has 90 valence electrons. The molecule has 3 N–H and O–H groups in total. The van der Waals surface area contributed by atoms with Crippen LogP contribution in [0.4, 0.5) is 8.78 Å². The van der Waals surface area contributed by atoms with E-state index in [4.69, 9.17) is 5.73 Å². The molecule has 0 spiro atoms. The third kappa shape index (κ3) is 8.62. The van der Waals surface area contributed by atoms with Crippen molar-refractivity contribution >= 4 is 17.7 Å². The number of nitrogens with one attached hydrogen (secondary N) is 1. The molecule has 0 aliphatic carbocycles. The molecule has 0 bridgehead atoms. The maximum Gasteiger partial charge on any atom is 0.277 e. The van der Waals surface area contributed by atoms with Crippen LogP contribution in [0.15, 0.2) is 0 Å². The zero-order valence-electron chi connectivity index (χ0n) is 9.27. The van der Waals surface area contributed by atoms with Gasteiger partial charge in [0.05, 0.1) is 18.8 Å². The topological polar surface area (TPSA) is 55.1 Å². The number of alkyl halides is 2. The number of hydrogen-bond donors (Lipinski definition) is 2. The highest BCUT2D eigenvalue weighted by Gasteiger charge is 2.27. The molecule has 0 saturated carbocycles. The number of carbonyl (C=O) groups is 1. The first-order chi connectivity index (χ1) is 6.66. The molecule has 0 aliphatic rings. The molecule has 0 unspecified atom stereocenters. The Bertz CT molecular complexity index is 217. The van der Waals surface area contributed by atoms with Gasteiger partial charge in [-0.1, -0.05) is 20.8 Å². The highest BCUT2D eigenvalue weighted by atomic mass is 32.2. The van der Waals surface area contributed by atoms with Gasteiger partial charge in [-0.25, -0.2) is 8.78 Å². The van der Waals surface area contributed by atoms with Gasteiger partial charge in [0.15, 0.2) is 0 Å². The predicted molar refractivity (Wildman–Crippen MR) is 59.2 cm³/mol. The zero-order valence-corrected chi connectivity index (χ0v) is 10.1. The average Bonchev–Trinajstić information content (AvgIpc) is 2.10. The molecule has 3 nitrogen and oxygen atoms in total. The number of carbonyl (C=O) groups excluding carboxylic acids is 1. The van der Waals surface area contributed by atoms with Gasteiger partial charge in [0, 0.05) is 4.75 Å². The molecule has 0 heterocycles. The van der Waals surface area contributed by atoms with Crippen molar-refractivity contribution in [1.82, 2.24) is 5.32 Å². The molecule has 0 rings (SSSR count). The van der Waals surface area contributed by atoms with E-state index >= 15 is 0 Å². The summed E-state index contributed by atoms with van der Waals surface area (Å²) in [6, 6.07) is 0. The fourth-order valence-corrected chi connectivity index (χ4v) is 1.30. The van der Waals surface area contributed by atoms with Gasteiger partial charge < -0.3 is 11.1 Å². The van der Waals surface area contributed by atoms with Crippen LogP contribution in [-0.2, 0) is 4.79 Å². The minimum atomic E-state index is -3.01. The normalized spacial score (nSPS) is 12.7. The largest absolute Gasteiger partial charge is 0.349 e. The predicted octanol–water partition coefficient (Wildman–Crippen LogP) is 1.23. The van der Waals surface area contributed by atoms with Crippen LogP contribution < -0.4 is 11.1 Å². The molecular weight excluding hydrogens is 222 g/mol. The summed E-state index contributed by atoms with van der Waals surface area (Å²) in [6.45, 7) is 4.44. The van der Waals surface area contributed by atoms with E-state index in [2.05, 4.69) is 5.32 Å². The van der Waals surface area contributed by atoms with E-state index in [9.17, 15) is 13.6 Å². The van der Waals surface area contributed by atoms with Crippen molar-refractivity contribution in [2.75, 3.05) is 18.8 Å². The summed E-state index contributed by atoms with van der Waals surface area (Å²) in [6.07, 6.45) is 0. The van der Waals surface area contributed by atoms with Crippen LogP contribution in [0.1, 0.15) is 20.8 Å². The minimum absolute atomic E-state index is 0.0479. The highest BCUT2D eigenvalue weighted by Crippen LogP contribution is 2.22. The fourth-order valence-electron chi connectivity index (χ4n) is 0.633. The van der Waals surface area contributed by atoms with Crippen LogP contribution >= 0.6 is 11.8 Å². The summed E-state index contributed by atoms with van der Waals surface area (Å²) in [5.74, 6) is -3.21. The lowest BCUT2D eigenvalue weighted by molar-refractivity contribution is -0.120. The molecule has 0 atom stereocenters. The molecular formula is C9H18F2N2OS. The van der Waals surface area contributed by atoms with Gasteiger partial charge in [-0.2, -0.15) is 0 Å². The van der Waals surface area contributed by atoms with Crippen LogP contribution in [0.5, 0.6) is 0 Å². The molecule has 6 heteroatoms. The molecule has 0 saturated heterocycles. The monoisotopic (exact) mass is 240 g/mol. The SMILES string of the molecule is CC(C)(C)SCC(=O)NCC(F)(F)CN. The van der Waals surface area contributed by atoms with E-state index in [1.165, 1.54) is 11.8 Å². The van der Waals surface area contributed by atoms with Gasteiger partial charge in [0.25, 0.3) is 5.92 Å². The number of halogens is 2. The Balaban J connectivity index is 3.77. The lowest BCUT2D eigenvalue weighted by Crippen LogP contribution is -2.42. The quantitative estimate of drug-likeness (QED) is 0.760. The molecule has 0 radical (unpaired) electrons. The average molecular weight is 240 g/mol. The summed E-state index contributed by atoms with van der Waals surface area (Å²) >= 11 is 1.41. The maximum absolute atomic E-state index is 12.6. The summed E-state index contributed by atoms with van der Waals surface area (Å²) in [7, 11) is 0. The Kier molecular flexibility index (Phi) is 5.51. The maximum atomic E-state index is 12.6. The van der Waals surface area contributed by atoms with Gasteiger partial charge in [0.2, 0.25) is 5.91 Å². The summed E-state index contributed by atoms with van der Waals surface area (Å²) in [5, 5.41) is 2.16. The smallest absolute Gasteiger partial charge is 0.277 e. The fraction of sp³-hybridized carbons (Fsp3) is 0.889. The van der Waals surface area contributed by atoms with Crippen LogP contribution in [0.25, 0.3) is 0 Å². The Morgan fingerprint density at radius 1 is 1.40 bits per heavy atom. The zero-order chi connectivity index (χ0) is 12.1. The summed E-state index contributed by atoms with van der Waals surface area (Å²) in [5.41, 5.74) is 4.83. The second-order valence-corrected chi connectivity index (χ2v) is 6.04. The Morgan fingerprint density at radius 2 is 1.93 bits per heavy atom. The van der Waals surface area contributed by atoms with Gasteiger partial charge in [-0.3, -0.25) is 4.79 Å². The third-order valence-electron chi connectivity index (χ3n) is 1.48. The number of hydrogen-bond acceptors (Lipinski definition) is 3. The third-order valence-corrected chi connectivity index (χ3v) is 2.75. The van der Waals surface area contributed by atoms with Crippen LogP contribution in [-0.4, -0.2) is 35.4 Å². The Labute approximate surface area is 93.2 Å². The molecule has 15 heavy (non-hydrogen) atoms. The Hall–Kier alpha value is -0.360. The summed E-state index contributed by atoms with van der Waals surface area (Å²) < 4.78 is 25.2. The van der Waals surface area contributed by atoms with E-state index in [1.807, 2.05) is 20.8 Å².